The molecule has 2 N–H and O–H groups in total. The van der Waals surface area contributed by atoms with Gasteiger partial charge < -0.3 is 10.5 Å². The SMILES string of the molecule is CC(CN)CS(=O)(=O)COCc1ccccc1. The van der Waals surface area contributed by atoms with Gasteiger partial charge in [-0.2, -0.15) is 0 Å². The van der Waals surface area contributed by atoms with Gasteiger partial charge in [0.25, 0.3) is 0 Å². The molecule has 0 amide bonds. The van der Waals surface area contributed by atoms with Gasteiger partial charge in [-0.1, -0.05) is 37.3 Å². The van der Waals surface area contributed by atoms with Crippen molar-refractivity contribution in [1.29, 1.82) is 0 Å². The van der Waals surface area contributed by atoms with Crippen molar-refractivity contribution in [3.05, 3.63) is 35.9 Å². The van der Waals surface area contributed by atoms with Crippen LogP contribution in [0.1, 0.15) is 12.5 Å². The van der Waals surface area contributed by atoms with Crippen LogP contribution in [-0.4, -0.2) is 26.7 Å². The first-order valence-electron chi connectivity index (χ1n) is 5.55. The van der Waals surface area contributed by atoms with Crippen molar-refractivity contribution in [2.45, 2.75) is 13.5 Å². The minimum absolute atomic E-state index is 0.0275. The Balaban J connectivity index is 2.36. The molecule has 1 rings (SSSR count). The molecule has 1 aromatic rings. The van der Waals surface area contributed by atoms with Crippen LogP contribution in [0.15, 0.2) is 30.3 Å². The molecule has 0 fully saturated rings. The van der Waals surface area contributed by atoms with Crippen molar-refractivity contribution in [2.24, 2.45) is 11.7 Å². The van der Waals surface area contributed by atoms with Crippen LogP contribution in [0.25, 0.3) is 0 Å². The highest BCUT2D eigenvalue weighted by Crippen LogP contribution is 2.04. The summed E-state index contributed by atoms with van der Waals surface area (Å²) >= 11 is 0. The Hall–Kier alpha value is -0.910. The predicted octanol–water partition coefficient (Wildman–Crippen LogP) is 1.17. The van der Waals surface area contributed by atoms with Crippen LogP contribution in [0.4, 0.5) is 0 Å². The summed E-state index contributed by atoms with van der Waals surface area (Å²) in [4.78, 5) is 0. The van der Waals surface area contributed by atoms with E-state index in [9.17, 15) is 8.42 Å². The zero-order chi connectivity index (χ0) is 12.7. The fraction of sp³-hybridized carbons (Fsp3) is 0.500. The number of ether oxygens (including phenoxy) is 1. The lowest BCUT2D eigenvalue weighted by Crippen LogP contribution is -2.23. The largest absolute Gasteiger partial charge is 0.361 e. The zero-order valence-electron chi connectivity index (χ0n) is 10.0. The predicted molar refractivity (Wildman–Crippen MR) is 68.1 cm³/mol. The molecule has 17 heavy (non-hydrogen) atoms. The fourth-order valence-corrected chi connectivity index (χ4v) is 2.85. The van der Waals surface area contributed by atoms with Gasteiger partial charge in [0.15, 0.2) is 9.84 Å². The van der Waals surface area contributed by atoms with Crippen LogP contribution >= 0.6 is 0 Å². The van der Waals surface area contributed by atoms with Crippen molar-refractivity contribution >= 4 is 9.84 Å². The van der Waals surface area contributed by atoms with Gasteiger partial charge in [-0.3, -0.25) is 0 Å². The molecule has 0 aliphatic rings. The minimum Gasteiger partial charge on any atom is -0.361 e. The van der Waals surface area contributed by atoms with Crippen molar-refractivity contribution in [1.82, 2.24) is 0 Å². The Morgan fingerprint density at radius 1 is 1.29 bits per heavy atom. The third-order valence-corrected chi connectivity index (χ3v) is 3.92. The van der Waals surface area contributed by atoms with Gasteiger partial charge in [-0.15, -0.1) is 0 Å². The smallest absolute Gasteiger partial charge is 0.174 e. The van der Waals surface area contributed by atoms with E-state index in [4.69, 9.17) is 10.5 Å². The third kappa shape index (κ3) is 5.81. The second-order valence-electron chi connectivity index (χ2n) is 4.20. The number of hydrogen-bond acceptors (Lipinski definition) is 4. The molecule has 1 atom stereocenters. The maximum atomic E-state index is 11.6. The standard InChI is InChI=1S/C12H19NO3S/c1-11(7-13)9-17(14,15)10-16-8-12-5-3-2-4-6-12/h2-6,11H,7-10,13H2,1H3. The summed E-state index contributed by atoms with van der Waals surface area (Å²) in [5.74, 6) is -0.190. The molecule has 1 unspecified atom stereocenters. The molecule has 0 aromatic heterocycles. The van der Waals surface area contributed by atoms with Gasteiger partial charge in [0.1, 0.15) is 5.94 Å². The van der Waals surface area contributed by atoms with Gasteiger partial charge in [0.2, 0.25) is 0 Å². The molecule has 5 heteroatoms. The highest BCUT2D eigenvalue weighted by Gasteiger charge is 2.15. The van der Waals surface area contributed by atoms with E-state index in [-0.39, 0.29) is 17.6 Å². The maximum absolute atomic E-state index is 11.6. The van der Waals surface area contributed by atoms with Crippen LogP contribution in [0, 0.1) is 5.92 Å². The first-order chi connectivity index (χ1) is 8.03. The second kappa shape index (κ2) is 6.74. The fourth-order valence-electron chi connectivity index (χ4n) is 1.41. The molecular weight excluding hydrogens is 238 g/mol. The molecule has 1 aromatic carbocycles. The molecule has 0 aliphatic heterocycles. The van der Waals surface area contributed by atoms with Gasteiger partial charge in [-0.25, -0.2) is 8.42 Å². The van der Waals surface area contributed by atoms with E-state index in [1.807, 2.05) is 37.3 Å². The molecular formula is C12H19NO3S. The Morgan fingerprint density at radius 2 is 1.94 bits per heavy atom. The van der Waals surface area contributed by atoms with E-state index >= 15 is 0 Å². The normalized spacial score (nSPS) is 13.5. The Morgan fingerprint density at radius 3 is 2.53 bits per heavy atom. The lowest BCUT2D eigenvalue weighted by atomic mass is 10.2. The van der Waals surface area contributed by atoms with Crippen LogP contribution in [0.2, 0.25) is 0 Å². The lowest BCUT2D eigenvalue weighted by molar-refractivity contribution is 0.163. The number of sulfone groups is 1. The summed E-state index contributed by atoms with van der Waals surface area (Å²) in [5.41, 5.74) is 6.36. The van der Waals surface area contributed by atoms with Gasteiger partial charge >= 0.3 is 0 Å². The van der Waals surface area contributed by atoms with Crippen molar-refractivity contribution < 1.29 is 13.2 Å². The van der Waals surface area contributed by atoms with Crippen molar-refractivity contribution in [2.75, 3.05) is 18.2 Å². The highest BCUT2D eigenvalue weighted by molar-refractivity contribution is 7.91. The molecule has 0 aliphatic carbocycles. The topological polar surface area (TPSA) is 69.4 Å². The second-order valence-corrected chi connectivity index (χ2v) is 6.26. The van der Waals surface area contributed by atoms with E-state index in [1.54, 1.807) is 0 Å². The van der Waals surface area contributed by atoms with Crippen molar-refractivity contribution in [3.63, 3.8) is 0 Å². The minimum atomic E-state index is -3.17. The van der Waals surface area contributed by atoms with E-state index in [0.29, 0.717) is 13.2 Å². The van der Waals surface area contributed by atoms with Gasteiger partial charge in [0.05, 0.1) is 12.4 Å². The molecule has 0 radical (unpaired) electrons. The summed E-state index contributed by atoms with van der Waals surface area (Å²) in [5, 5.41) is 0. The molecule has 0 saturated carbocycles. The number of hydrogen-bond donors (Lipinski definition) is 1. The van der Waals surface area contributed by atoms with Crippen LogP contribution in [0.5, 0.6) is 0 Å². The molecule has 0 heterocycles. The van der Waals surface area contributed by atoms with Crippen LogP contribution in [0.3, 0.4) is 0 Å². The maximum Gasteiger partial charge on any atom is 0.174 e. The zero-order valence-corrected chi connectivity index (χ0v) is 10.8. The summed E-state index contributed by atoms with van der Waals surface area (Å²) in [6, 6.07) is 9.49. The molecule has 96 valence electrons. The third-order valence-electron chi connectivity index (χ3n) is 2.32. The number of rotatable bonds is 7. The monoisotopic (exact) mass is 257 g/mol. The lowest BCUT2D eigenvalue weighted by Gasteiger charge is -2.09. The summed E-state index contributed by atoms with van der Waals surface area (Å²) in [6.45, 7) is 2.50. The van der Waals surface area contributed by atoms with Gasteiger partial charge in [-0.05, 0) is 18.0 Å². The van der Waals surface area contributed by atoms with Crippen LogP contribution < -0.4 is 5.73 Å². The van der Waals surface area contributed by atoms with E-state index in [1.165, 1.54) is 0 Å². The van der Waals surface area contributed by atoms with Crippen LogP contribution in [-0.2, 0) is 21.2 Å². The average molecular weight is 257 g/mol. The van der Waals surface area contributed by atoms with E-state index in [2.05, 4.69) is 0 Å². The highest BCUT2D eigenvalue weighted by atomic mass is 32.2. The molecule has 0 saturated heterocycles. The molecule has 4 nitrogen and oxygen atoms in total. The first kappa shape index (κ1) is 14.2. The Bertz CT molecular complexity index is 417. The molecule has 0 bridgehead atoms. The first-order valence-corrected chi connectivity index (χ1v) is 7.38. The molecule has 0 spiro atoms. The quantitative estimate of drug-likeness (QED) is 0.796. The van der Waals surface area contributed by atoms with Crippen molar-refractivity contribution in [3.8, 4) is 0 Å². The van der Waals surface area contributed by atoms with E-state index < -0.39 is 9.84 Å². The summed E-state index contributed by atoms with van der Waals surface area (Å²) in [6.07, 6.45) is 0. The summed E-state index contributed by atoms with van der Waals surface area (Å²) in [7, 11) is -3.17. The summed E-state index contributed by atoms with van der Waals surface area (Å²) < 4.78 is 28.4. The average Bonchev–Trinajstić information content (AvgIpc) is 2.29. The van der Waals surface area contributed by atoms with Gasteiger partial charge in [0, 0.05) is 0 Å². The Kier molecular flexibility index (Phi) is 5.61. The van der Waals surface area contributed by atoms with E-state index in [0.717, 1.165) is 5.56 Å². The number of benzene rings is 1. The Labute approximate surface area is 103 Å². The number of nitrogens with two attached hydrogens (primary N) is 1.